The molecule has 1 aliphatic rings. The molecular formula is C14H25N5O. The molecule has 6 heteroatoms. The molecule has 1 aromatic rings. The number of nitrogens with zero attached hydrogens (tertiary/aromatic N) is 2. The van der Waals surface area contributed by atoms with E-state index in [0.717, 1.165) is 25.8 Å². The molecule has 1 aliphatic carbocycles. The summed E-state index contributed by atoms with van der Waals surface area (Å²) in [7, 11) is 0. The average molecular weight is 279 g/mol. The smallest absolute Gasteiger partial charge is 0.223 e. The fraction of sp³-hybridized carbons (Fsp3) is 0.714. The van der Waals surface area contributed by atoms with E-state index in [-0.39, 0.29) is 5.95 Å². The van der Waals surface area contributed by atoms with Gasteiger partial charge in [0.05, 0.1) is 5.60 Å². The second-order valence-corrected chi connectivity index (χ2v) is 5.81. The number of hydrogen-bond donors (Lipinski definition) is 4. The van der Waals surface area contributed by atoms with Gasteiger partial charge in [-0.25, -0.2) is 0 Å². The maximum absolute atomic E-state index is 10.6. The molecule has 2 rings (SSSR count). The van der Waals surface area contributed by atoms with E-state index in [1.807, 2.05) is 13.0 Å². The summed E-state index contributed by atoms with van der Waals surface area (Å²) in [5, 5.41) is 16.9. The summed E-state index contributed by atoms with van der Waals surface area (Å²) < 4.78 is 0. The summed E-state index contributed by atoms with van der Waals surface area (Å²) in [6, 6.07) is 1.81. The number of nitrogens with two attached hydrogens (primary N) is 1. The highest BCUT2D eigenvalue weighted by Gasteiger charge is 2.32. The van der Waals surface area contributed by atoms with Gasteiger partial charge in [0.1, 0.15) is 11.6 Å². The fourth-order valence-electron chi connectivity index (χ4n) is 2.88. The number of hydrogen-bond acceptors (Lipinski definition) is 6. The predicted molar refractivity (Wildman–Crippen MR) is 81.7 cm³/mol. The van der Waals surface area contributed by atoms with Gasteiger partial charge in [0.2, 0.25) is 5.95 Å². The number of aromatic nitrogens is 2. The van der Waals surface area contributed by atoms with E-state index in [4.69, 9.17) is 5.73 Å². The van der Waals surface area contributed by atoms with Gasteiger partial charge >= 0.3 is 0 Å². The van der Waals surface area contributed by atoms with Crippen molar-refractivity contribution in [3.8, 4) is 0 Å². The van der Waals surface area contributed by atoms with E-state index in [1.165, 1.54) is 6.42 Å². The van der Waals surface area contributed by atoms with Gasteiger partial charge in [-0.15, -0.1) is 0 Å². The number of nitrogens with one attached hydrogen (secondary N) is 2. The molecule has 2 atom stereocenters. The van der Waals surface area contributed by atoms with Crippen molar-refractivity contribution in [2.45, 2.75) is 45.1 Å². The van der Waals surface area contributed by atoms with Crippen molar-refractivity contribution in [2.75, 3.05) is 29.5 Å². The summed E-state index contributed by atoms with van der Waals surface area (Å²) in [5.74, 6) is 2.16. The molecule has 6 nitrogen and oxygen atoms in total. The lowest BCUT2D eigenvalue weighted by atomic mass is 9.79. The van der Waals surface area contributed by atoms with Crippen LogP contribution in [-0.2, 0) is 0 Å². The first-order valence-corrected chi connectivity index (χ1v) is 7.35. The Hall–Kier alpha value is -1.56. The topological polar surface area (TPSA) is 96.1 Å². The van der Waals surface area contributed by atoms with E-state index in [9.17, 15) is 5.11 Å². The molecular weight excluding hydrogens is 254 g/mol. The fourth-order valence-corrected chi connectivity index (χ4v) is 2.88. The third-order valence-corrected chi connectivity index (χ3v) is 3.77. The first-order chi connectivity index (χ1) is 9.50. The van der Waals surface area contributed by atoms with Gasteiger partial charge < -0.3 is 21.5 Å². The standard InChI is InChI=1S/C14H25N5O/c1-3-16-11-7-12(19-13(15)18-11)17-9-14(20)6-4-5-10(2)8-14/h7,10,20H,3-6,8-9H2,1-2H3,(H4,15,16,17,18,19). The maximum atomic E-state index is 10.6. The van der Waals surface area contributed by atoms with Crippen molar-refractivity contribution in [3.63, 3.8) is 0 Å². The van der Waals surface area contributed by atoms with E-state index < -0.39 is 5.60 Å². The summed E-state index contributed by atoms with van der Waals surface area (Å²) in [6.07, 6.45) is 3.95. The van der Waals surface area contributed by atoms with Gasteiger partial charge in [0.25, 0.3) is 0 Å². The van der Waals surface area contributed by atoms with Crippen molar-refractivity contribution < 1.29 is 5.11 Å². The summed E-state index contributed by atoms with van der Waals surface area (Å²) in [6.45, 7) is 5.46. The molecule has 20 heavy (non-hydrogen) atoms. The van der Waals surface area contributed by atoms with Crippen LogP contribution in [-0.4, -0.2) is 33.8 Å². The molecule has 1 saturated carbocycles. The van der Waals surface area contributed by atoms with E-state index in [0.29, 0.717) is 24.1 Å². The molecule has 0 saturated heterocycles. The quantitative estimate of drug-likeness (QED) is 0.657. The van der Waals surface area contributed by atoms with Crippen LogP contribution in [0.25, 0.3) is 0 Å². The van der Waals surface area contributed by atoms with Crippen molar-refractivity contribution in [1.82, 2.24) is 9.97 Å². The molecule has 0 amide bonds. The second-order valence-electron chi connectivity index (χ2n) is 5.81. The first kappa shape index (κ1) is 14.8. The van der Waals surface area contributed by atoms with Gasteiger partial charge in [-0.3, -0.25) is 0 Å². The summed E-state index contributed by atoms with van der Waals surface area (Å²) in [5.41, 5.74) is 5.05. The Kier molecular flexibility index (Phi) is 4.65. The number of nitrogen functional groups attached to an aromatic ring is 1. The van der Waals surface area contributed by atoms with Gasteiger partial charge in [-0.1, -0.05) is 19.8 Å². The molecule has 0 spiro atoms. The minimum absolute atomic E-state index is 0.231. The lowest BCUT2D eigenvalue weighted by Crippen LogP contribution is -2.41. The molecule has 0 aliphatic heterocycles. The number of anilines is 3. The molecule has 5 N–H and O–H groups in total. The summed E-state index contributed by atoms with van der Waals surface area (Å²) >= 11 is 0. The lowest BCUT2D eigenvalue weighted by molar-refractivity contribution is -0.000827. The molecule has 1 fully saturated rings. The van der Waals surface area contributed by atoms with Crippen LogP contribution in [0.4, 0.5) is 17.6 Å². The average Bonchev–Trinajstić information content (AvgIpc) is 2.36. The van der Waals surface area contributed by atoms with Crippen LogP contribution in [0.5, 0.6) is 0 Å². The maximum Gasteiger partial charge on any atom is 0.223 e. The van der Waals surface area contributed by atoms with E-state index in [1.54, 1.807) is 0 Å². The Morgan fingerprint density at radius 1 is 1.40 bits per heavy atom. The molecule has 1 heterocycles. The SMILES string of the molecule is CCNc1cc(NCC2(O)CCCC(C)C2)nc(N)n1. The van der Waals surface area contributed by atoms with E-state index in [2.05, 4.69) is 27.5 Å². The zero-order valence-corrected chi connectivity index (χ0v) is 12.3. The first-order valence-electron chi connectivity index (χ1n) is 7.35. The molecule has 0 aromatic carbocycles. The van der Waals surface area contributed by atoms with Crippen LogP contribution in [0.1, 0.15) is 39.5 Å². The Labute approximate surface area is 120 Å². The van der Waals surface area contributed by atoms with Crippen molar-refractivity contribution in [2.24, 2.45) is 5.92 Å². The zero-order valence-electron chi connectivity index (χ0n) is 12.3. The van der Waals surface area contributed by atoms with Crippen LogP contribution in [0, 0.1) is 5.92 Å². The van der Waals surface area contributed by atoms with Crippen LogP contribution >= 0.6 is 0 Å². The second kappa shape index (κ2) is 6.26. The Morgan fingerprint density at radius 2 is 2.10 bits per heavy atom. The van der Waals surface area contributed by atoms with Crippen LogP contribution < -0.4 is 16.4 Å². The highest BCUT2D eigenvalue weighted by Crippen LogP contribution is 2.32. The highest BCUT2D eigenvalue weighted by atomic mass is 16.3. The van der Waals surface area contributed by atoms with Gasteiger partial charge in [-0.2, -0.15) is 9.97 Å². The van der Waals surface area contributed by atoms with Crippen molar-refractivity contribution in [1.29, 1.82) is 0 Å². The number of aliphatic hydroxyl groups is 1. The normalized spacial score (nSPS) is 26.2. The Balaban J connectivity index is 1.99. The molecule has 1 aromatic heterocycles. The molecule has 0 radical (unpaired) electrons. The van der Waals surface area contributed by atoms with Crippen LogP contribution in [0.2, 0.25) is 0 Å². The number of rotatable bonds is 5. The summed E-state index contributed by atoms with van der Waals surface area (Å²) in [4.78, 5) is 8.26. The van der Waals surface area contributed by atoms with Gasteiger partial charge in [-0.05, 0) is 25.7 Å². The molecule has 0 bridgehead atoms. The van der Waals surface area contributed by atoms with Crippen LogP contribution in [0.15, 0.2) is 6.07 Å². The monoisotopic (exact) mass is 279 g/mol. The Bertz CT molecular complexity index is 453. The Morgan fingerprint density at radius 3 is 2.75 bits per heavy atom. The largest absolute Gasteiger partial charge is 0.388 e. The highest BCUT2D eigenvalue weighted by molar-refractivity contribution is 5.51. The van der Waals surface area contributed by atoms with Crippen LogP contribution in [0.3, 0.4) is 0 Å². The van der Waals surface area contributed by atoms with Crippen molar-refractivity contribution >= 4 is 17.6 Å². The third-order valence-electron chi connectivity index (χ3n) is 3.77. The minimum Gasteiger partial charge on any atom is -0.388 e. The third kappa shape index (κ3) is 3.96. The molecule has 2 unspecified atom stereocenters. The molecule has 112 valence electrons. The van der Waals surface area contributed by atoms with Gasteiger partial charge in [0, 0.05) is 19.2 Å². The zero-order chi connectivity index (χ0) is 14.6. The van der Waals surface area contributed by atoms with E-state index >= 15 is 0 Å². The minimum atomic E-state index is -0.643. The predicted octanol–water partition coefficient (Wildman–Crippen LogP) is 1.84. The van der Waals surface area contributed by atoms with Gasteiger partial charge in [0.15, 0.2) is 0 Å². The van der Waals surface area contributed by atoms with Crippen molar-refractivity contribution in [3.05, 3.63) is 6.07 Å². The lowest BCUT2D eigenvalue weighted by Gasteiger charge is -2.35.